The Labute approximate surface area is 131 Å². The zero-order valence-corrected chi connectivity index (χ0v) is 14.6. The van der Waals surface area contributed by atoms with Crippen molar-refractivity contribution in [3.8, 4) is 0 Å². The molecule has 0 bridgehead atoms. The molecule has 0 aliphatic carbocycles. The fourth-order valence-electron chi connectivity index (χ4n) is 2.58. The molecule has 0 aromatic carbocycles. The first-order chi connectivity index (χ1) is 10.2. The number of hydrogen-bond acceptors (Lipinski definition) is 3. The standard InChI is InChI=1S/C18H33N3/c1-6-12-19-13-17-10-11-18(20-15(17)5)21(9-4)14-16(7-2)8-3/h10-11,16,19H,6-9,12-14H2,1-5H3. The van der Waals surface area contributed by atoms with E-state index in [-0.39, 0.29) is 0 Å². The van der Waals surface area contributed by atoms with Crippen molar-refractivity contribution < 1.29 is 0 Å². The van der Waals surface area contributed by atoms with E-state index in [9.17, 15) is 0 Å². The van der Waals surface area contributed by atoms with Gasteiger partial charge in [-0.25, -0.2) is 4.98 Å². The van der Waals surface area contributed by atoms with Gasteiger partial charge >= 0.3 is 0 Å². The molecule has 0 saturated carbocycles. The van der Waals surface area contributed by atoms with Gasteiger partial charge in [-0.3, -0.25) is 0 Å². The third kappa shape index (κ3) is 5.66. The van der Waals surface area contributed by atoms with Gasteiger partial charge in [0.2, 0.25) is 0 Å². The topological polar surface area (TPSA) is 28.2 Å². The molecule has 0 aliphatic heterocycles. The third-order valence-corrected chi connectivity index (χ3v) is 4.26. The molecule has 120 valence electrons. The van der Waals surface area contributed by atoms with Crippen LogP contribution in [0.1, 0.15) is 58.2 Å². The monoisotopic (exact) mass is 291 g/mol. The molecule has 0 spiro atoms. The summed E-state index contributed by atoms with van der Waals surface area (Å²) in [6, 6.07) is 4.41. The van der Waals surface area contributed by atoms with Crippen LogP contribution in [0.5, 0.6) is 0 Å². The smallest absolute Gasteiger partial charge is 0.128 e. The van der Waals surface area contributed by atoms with Crippen molar-refractivity contribution >= 4 is 5.82 Å². The second kappa shape index (κ2) is 9.78. The van der Waals surface area contributed by atoms with Crippen molar-refractivity contribution in [1.29, 1.82) is 0 Å². The van der Waals surface area contributed by atoms with E-state index in [0.29, 0.717) is 0 Å². The van der Waals surface area contributed by atoms with Crippen molar-refractivity contribution in [2.24, 2.45) is 5.92 Å². The van der Waals surface area contributed by atoms with Crippen molar-refractivity contribution in [1.82, 2.24) is 10.3 Å². The van der Waals surface area contributed by atoms with Crippen LogP contribution in [0.4, 0.5) is 5.82 Å². The Bertz CT molecular complexity index is 399. The van der Waals surface area contributed by atoms with Crippen LogP contribution in [0.15, 0.2) is 12.1 Å². The number of aryl methyl sites for hydroxylation is 1. The second-order valence-corrected chi connectivity index (χ2v) is 5.81. The second-order valence-electron chi connectivity index (χ2n) is 5.81. The molecule has 0 radical (unpaired) electrons. The minimum absolute atomic E-state index is 0.762. The van der Waals surface area contributed by atoms with Gasteiger partial charge in [0, 0.05) is 25.3 Å². The summed E-state index contributed by atoms with van der Waals surface area (Å²) < 4.78 is 0. The summed E-state index contributed by atoms with van der Waals surface area (Å²) in [5, 5.41) is 3.45. The van der Waals surface area contributed by atoms with E-state index in [2.05, 4.69) is 57.0 Å². The molecular weight excluding hydrogens is 258 g/mol. The summed E-state index contributed by atoms with van der Waals surface area (Å²) in [6.45, 7) is 15.2. The van der Waals surface area contributed by atoms with E-state index < -0.39 is 0 Å². The minimum atomic E-state index is 0.762. The number of aromatic nitrogens is 1. The molecule has 0 atom stereocenters. The maximum atomic E-state index is 4.83. The van der Waals surface area contributed by atoms with Crippen molar-refractivity contribution in [3.05, 3.63) is 23.4 Å². The average Bonchev–Trinajstić information content (AvgIpc) is 2.50. The van der Waals surface area contributed by atoms with E-state index in [1.54, 1.807) is 0 Å². The number of nitrogens with zero attached hydrogens (tertiary/aromatic N) is 2. The molecule has 3 heteroatoms. The molecule has 1 aromatic heterocycles. The lowest BCUT2D eigenvalue weighted by molar-refractivity contribution is 0.484. The molecule has 0 unspecified atom stereocenters. The van der Waals surface area contributed by atoms with Crippen LogP contribution in [-0.4, -0.2) is 24.6 Å². The molecule has 0 aliphatic rings. The average molecular weight is 291 g/mol. The fraction of sp³-hybridized carbons (Fsp3) is 0.722. The van der Waals surface area contributed by atoms with Crippen molar-refractivity contribution in [2.45, 2.75) is 60.4 Å². The Hall–Kier alpha value is -1.09. The first-order valence-corrected chi connectivity index (χ1v) is 8.58. The largest absolute Gasteiger partial charge is 0.357 e. The van der Waals surface area contributed by atoms with Gasteiger partial charge in [-0.2, -0.15) is 0 Å². The molecule has 1 heterocycles. The first-order valence-electron chi connectivity index (χ1n) is 8.58. The predicted octanol–water partition coefficient (Wildman–Crippen LogP) is 4.15. The number of rotatable bonds is 10. The van der Waals surface area contributed by atoms with Gasteiger partial charge in [-0.1, -0.05) is 39.7 Å². The van der Waals surface area contributed by atoms with Gasteiger partial charge in [0.25, 0.3) is 0 Å². The third-order valence-electron chi connectivity index (χ3n) is 4.26. The number of nitrogens with one attached hydrogen (secondary N) is 1. The number of hydrogen-bond donors (Lipinski definition) is 1. The molecule has 1 aromatic rings. The van der Waals surface area contributed by atoms with E-state index in [1.165, 1.54) is 24.8 Å². The van der Waals surface area contributed by atoms with Crippen LogP contribution in [0.25, 0.3) is 0 Å². The van der Waals surface area contributed by atoms with Crippen LogP contribution in [0.2, 0.25) is 0 Å². The summed E-state index contributed by atoms with van der Waals surface area (Å²) in [7, 11) is 0. The highest BCUT2D eigenvalue weighted by Gasteiger charge is 2.12. The zero-order chi connectivity index (χ0) is 15.7. The summed E-state index contributed by atoms with van der Waals surface area (Å²) >= 11 is 0. The lowest BCUT2D eigenvalue weighted by Crippen LogP contribution is -2.30. The van der Waals surface area contributed by atoms with Crippen LogP contribution < -0.4 is 10.2 Å². The fourth-order valence-corrected chi connectivity index (χ4v) is 2.58. The Morgan fingerprint density at radius 2 is 1.86 bits per heavy atom. The zero-order valence-electron chi connectivity index (χ0n) is 14.6. The van der Waals surface area contributed by atoms with Crippen molar-refractivity contribution in [3.63, 3.8) is 0 Å². The van der Waals surface area contributed by atoms with Gasteiger partial charge in [0.1, 0.15) is 5.82 Å². The summed E-state index contributed by atoms with van der Waals surface area (Å²) in [5.74, 6) is 1.89. The maximum absolute atomic E-state index is 4.83. The highest BCUT2D eigenvalue weighted by atomic mass is 15.2. The lowest BCUT2D eigenvalue weighted by Gasteiger charge is -2.27. The predicted molar refractivity (Wildman–Crippen MR) is 92.9 cm³/mol. The summed E-state index contributed by atoms with van der Waals surface area (Å²) in [5.41, 5.74) is 2.46. The van der Waals surface area contributed by atoms with E-state index >= 15 is 0 Å². The van der Waals surface area contributed by atoms with Gasteiger partial charge in [0.15, 0.2) is 0 Å². The van der Waals surface area contributed by atoms with Crippen molar-refractivity contribution in [2.75, 3.05) is 24.5 Å². The van der Waals surface area contributed by atoms with Crippen LogP contribution in [-0.2, 0) is 6.54 Å². The Balaban J connectivity index is 2.75. The van der Waals surface area contributed by atoms with Gasteiger partial charge < -0.3 is 10.2 Å². The summed E-state index contributed by atoms with van der Waals surface area (Å²) in [4.78, 5) is 7.24. The molecule has 0 amide bonds. The quantitative estimate of drug-likeness (QED) is 0.656. The van der Waals surface area contributed by atoms with Crippen LogP contribution in [0.3, 0.4) is 0 Å². The Kier molecular flexibility index (Phi) is 8.36. The van der Waals surface area contributed by atoms with E-state index in [0.717, 1.165) is 43.6 Å². The molecular formula is C18H33N3. The molecule has 21 heavy (non-hydrogen) atoms. The molecule has 0 fully saturated rings. The van der Waals surface area contributed by atoms with Gasteiger partial charge in [0.05, 0.1) is 0 Å². The van der Waals surface area contributed by atoms with Crippen LogP contribution in [0, 0.1) is 12.8 Å². The molecule has 3 nitrogen and oxygen atoms in total. The van der Waals surface area contributed by atoms with Gasteiger partial charge in [-0.15, -0.1) is 0 Å². The Morgan fingerprint density at radius 1 is 1.14 bits per heavy atom. The van der Waals surface area contributed by atoms with Crippen LogP contribution >= 0.6 is 0 Å². The number of anilines is 1. The highest BCUT2D eigenvalue weighted by Crippen LogP contribution is 2.18. The van der Waals surface area contributed by atoms with E-state index in [1.807, 2.05) is 0 Å². The summed E-state index contributed by atoms with van der Waals surface area (Å²) in [6.07, 6.45) is 3.65. The normalized spacial score (nSPS) is 11.1. The SMILES string of the molecule is CCCNCc1ccc(N(CC)CC(CC)CC)nc1C. The highest BCUT2D eigenvalue weighted by molar-refractivity contribution is 5.41. The lowest BCUT2D eigenvalue weighted by atomic mass is 10.0. The molecule has 1 rings (SSSR count). The maximum Gasteiger partial charge on any atom is 0.128 e. The minimum Gasteiger partial charge on any atom is -0.357 e. The van der Waals surface area contributed by atoms with Gasteiger partial charge in [-0.05, 0) is 44.4 Å². The number of pyridine rings is 1. The molecule has 0 saturated heterocycles. The Morgan fingerprint density at radius 3 is 2.38 bits per heavy atom. The molecule has 1 N–H and O–H groups in total. The first kappa shape index (κ1) is 18.0. The van der Waals surface area contributed by atoms with E-state index in [4.69, 9.17) is 4.98 Å².